The molecule has 4 rings (SSSR count). The van der Waals surface area contributed by atoms with E-state index >= 15 is 0 Å². The van der Waals surface area contributed by atoms with E-state index in [1.807, 2.05) is 55.0 Å². The molecule has 0 spiro atoms. The number of rotatable bonds is 4. The molecule has 0 bridgehead atoms. The van der Waals surface area contributed by atoms with E-state index in [1.54, 1.807) is 0 Å². The highest BCUT2D eigenvalue weighted by Crippen LogP contribution is 2.21. The highest BCUT2D eigenvalue weighted by molar-refractivity contribution is 5.57. The van der Waals surface area contributed by atoms with Crippen LogP contribution >= 0.6 is 0 Å². The average molecular weight is 348 g/mol. The number of aryl methyl sites for hydroxylation is 1. The summed E-state index contributed by atoms with van der Waals surface area (Å²) in [5.74, 6) is 2.90. The van der Waals surface area contributed by atoms with E-state index in [2.05, 4.69) is 38.3 Å². The lowest BCUT2D eigenvalue weighted by Crippen LogP contribution is -2.52. The van der Waals surface area contributed by atoms with Crippen molar-refractivity contribution in [2.24, 2.45) is 7.05 Å². The topological polar surface area (TPSA) is 50.1 Å². The Bertz CT molecular complexity index is 860. The van der Waals surface area contributed by atoms with Crippen LogP contribution in [0.4, 0.5) is 5.82 Å². The summed E-state index contributed by atoms with van der Waals surface area (Å²) in [6, 6.07) is 12.6. The molecule has 0 saturated carbocycles. The molecule has 3 aromatic rings. The Kier molecular flexibility index (Phi) is 4.67. The van der Waals surface area contributed by atoms with Crippen LogP contribution in [-0.2, 0) is 13.6 Å². The Morgan fingerprint density at radius 1 is 1.04 bits per heavy atom. The first kappa shape index (κ1) is 16.7. The quantitative estimate of drug-likeness (QED) is 0.725. The van der Waals surface area contributed by atoms with Crippen molar-refractivity contribution >= 4 is 5.82 Å². The van der Waals surface area contributed by atoms with Crippen LogP contribution in [0, 0.1) is 0 Å². The summed E-state index contributed by atoms with van der Waals surface area (Å²) in [7, 11) is 2.05. The Hall–Kier alpha value is -2.73. The number of anilines is 1. The summed E-state index contributed by atoms with van der Waals surface area (Å²) in [5, 5.41) is 0. The van der Waals surface area contributed by atoms with E-state index in [0.717, 1.165) is 49.2 Å². The molecule has 6 heteroatoms. The van der Waals surface area contributed by atoms with Gasteiger partial charge in [-0.3, -0.25) is 4.90 Å². The molecule has 0 amide bonds. The molecule has 1 saturated heterocycles. The number of hydrogen-bond acceptors (Lipinski definition) is 5. The van der Waals surface area contributed by atoms with Crippen LogP contribution in [0.2, 0.25) is 0 Å². The second kappa shape index (κ2) is 7.25. The number of nitrogens with zero attached hydrogens (tertiary/aromatic N) is 6. The van der Waals surface area contributed by atoms with Gasteiger partial charge in [0.2, 0.25) is 0 Å². The summed E-state index contributed by atoms with van der Waals surface area (Å²) in [6.07, 6.45) is 5.72. The van der Waals surface area contributed by atoms with Gasteiger partial charge in [0.25, 0.3) is 0 Å². The maximum Gasteiger partial charge on any atom is 0.161 e. The fourth-order valence-corrected chi connectivity index (χ4v) is 3.42. The Morgan fingerprint density at radius 3 is 2.62 bits per heavy atom. The summed E-state index contributed by atoms with van der Waals surface area (Å²) in [5.41, 5.74) is 1.05. The smallest absolute Gasteiger partial charge is 0.161 e. The second-order valence-electron chi connectivity index (χ2n) is 6.82. The minimum absolute atomic E-state index is 0.440. The lowest BCUT2D eigenvalue weighted by atomic mass is 10.2. The minimum Gasteiger partial charge on any atom is -0.354 e. The fraction of sp³-hybridized carbons (Fsp3) is 0.350. The zero-order valence-corrected chi connectivity index (χ0v) is 15.3. The summed E-state index contributed by atoms with van der Waals surface area (Å²) < 4.78 is 2.09. The minimum atomic E-state index is 0.440. The molecule has 6 nitrogen and oxygen atoms in total. The van der Waals surface area contributed by atoms with Gasteiger partial charge >= 0.3 is 0 Å². The molecule has 26 heavy (non-hydrogen) atoms. The summed E-state index contributed by atoms with van der Waals surface area (Å²) in [4.78, 5) is 18.5. The number of hydrogen-bond donors (Lipinski definition) is 0. The van der Waals surface area contributed by atoms with Gasteiger partial charge in [-0.2, -0.15) is 0 Å². The first-order chi connectivity index (χ1) is 12.7. The monoisotopic (exact) mass is 348 g/mol. The van der Waals surface area contributed by atoms with Crippen molar-refractivity contribution in [2.75, 3.05) is 24.5 Å². The van der Waals surface area contributed by atoms with Gasteiger partial charge in [0.15, 0.2) is 5.82 Å². The molecule has 3 heterocycles. The molecular formula is C20H24N6. The average Bonchev–Trinajstić information content (AvgIpc) is 3.09. The third-order valence-corrected chi connectivity index (χ3v) is 5.03. The Labute approximate surface area is 154 Å². The van der Waals surface area contributed by atoms with Gasteiger partial charge < -0.3 is 9.47 Å². The van der Waals surface area contributed by atoms with Crippen molar-refractivity contribution in [1.82, 2.24) is 24.4 Å². The van der Waals surface area contributed by atoms with Crippen molar-refractivity contribution in [2.45, 2.75) is 19.5 Å². The highest BCUT2D eigenvalue weighted by atomic mass is 15.3. The van der Waals surface area contributed by atoms with Gasteiger partial charge in [0.05, 0.1) is 6.54 Å². The van der Waals surface area contributed by atoms with E-state index in [4.69, 9.17) is 4.98 Å². The molecule has 1 atom stereocenters. The van der Waals surface area contributed by atoms with Crippen molar-refractivity contribution in [3.05, 3.63) is 60.8 Å². The summed E-state index contributed by atoms with van der Waals surface area (Å²) >= 11 is 0. The molecule has 0 radical (unpaired) electrons. The molecule has 0 aliphatic carbocycles. The first-order valence-corrected chi connectivity index (χ1v) is 9.04. The van der Waals surface area contributed by atoms with E-state index in [-0.39, 0.29) is 0 Å². The lowest BCUT2D eigenvalue weighted by Gasteiger charge is -2.40. The van der Waals surface area contributed by atoms with Gasteiger partial charge in [-0.1, -0.05) is 30.3 Å². The molecular weight excluding hydrogens is 324 g/mol. The third-order valence-electron chi connectivity index (χ3n) is 5.03. The standard InChI is InChI=1S/C20H24N6/c1-16-14-26(13-12-25(16)15-19-21-10-11-24(19)2)18-8-9-22-20(23-18)17-6-4-3-5-7-17/h3-11,16H,12-15H2,1-2H3. The number of benzene rings is 1. The van der Waals surface area contributed by atoms with E-state index in [0.29, 0.717) is 6.04 Å². The maximum atomic E-state index is 4.80. The fourth-order valence-electron chi connectivity index (χ4n) is 3.42. The normalized spacial score (nSPS) is 18.2. The van der Waals surface area contributed by atoms with Crippen LogP contribution in [-0.4, -0.2) is 50.1 Å². The second-order valence-corrected chi connectivity index (χ2v) is 6.82. The van der Waals surface area contributed by atoms with Gasteiger partial charge in [-0.15, -0.1) is 0 Å². The van der Waals surface area contributed by atoms with Crippen LogP contribution in [0.5, 0.6) is 0 Å². The number of imidazole rings is 1. The molecule has 1 aliphatic heterocycles. The van der Waals surface area contributed by atoms with Crippen molar-refractivity contribution in [3.8, 4) is 11.4 Å². The highest BCUT2D eigenvalue weighted by Gasteiger charge is 2.25. The first-order valence-electron chi connectivity index (χ1n) is 9.04. The van der Waals surface area contributed by atoms with E-state index < -0.39 is 0 Å². The van der Waals surface area contributed by atoms with Crippen LogP contribution in [0.15, 0.2) is 55.0 Å². The lowest BCUT2D eigenvalue weighted by molar-refractivity contribution is 0.174. The summed E-state index contributed by atoms with van der Waals surface area (Å²) in [6.45, 7) is 6.07. The molecule has 1 unspecified atom stereocenters. The molecule has 1 aromatic carbocycles. The molecule has 0 N–H and O–H groups in total. The largest absolute Gasteiger partial charge is 0.354 e. The molecule has 134 valence electrons. The van der Waals surface area contributed by atoms with Crippen molar-refractivity contribution < 1.29 is 0 Å². The van der Waals surface area contributed by atoms with Gasteiger partial charge in [0, 0.05) is 56.9 Å². The predicted molar refractivity (Wildman–Crippen MR) is 103 cm³/mol. The Morgan fingerprint density at radius 2 is 1.88 bits per heavy atom. The predicted octanol–water partition coefficient (Wildman–Crippen LogP) is 2.59. The van der Waals surface area contributed by atoms with Crippen molar-refractivity contribution in [3.63, 3.8) is 0 Å². The molecule has 2 aromatic heterocycles. The van der Waals surface area contributed by atoms with Gasteiger partial charge in [0.1, 0.15) is 11.6 Å². The van der Waals surface area contributed by atoms with Gasteiger partial charge in [-0.05, 0) is 13.0 Å². The van der Waals surface area contributed by atoms with Gasteiger partial charge in [-0.25, -0.2) is 15.0 Å². The van der Waals surface area contributed by atoms with Crippen molar-refractivity contribution in [1.29, 1.82) is 0 Å². The molecule has 1 aliphatic rings. The third kappa shape index (κ3) is 3.46. The number of aromatic nitrogens is 4. The number of piperazine rings is 1. The zero-order chi connectivity index (χ0) is 17.9. The van der Waals surface area contributed by atoms with E-state index in [1.165, 1.54) is 0 Å². The van der Waals surface area contributed by atoms with Crippen LogP contribution < -0.4 is 4.90 Å². The SMILES string of the molecule is CC1CN(c2ccnc(-c3ccccc3)n2)CCN1Cc1nccn1C. The van der Waals surface area contributed by atoms with Crippen LogP contribution in [0.3, 0.4) is 0 Å². The molecule has 1 fully saturated rings. The Balaban J connectivity index is 1.46. The van der Waals surface area contributed by atoms with Crippen LogP contribution in [0.1, 0.15) is 12.7 Å². The van der Waals surface area contributed by atoms with E-state index in [9.17, 15) is 0 Å². The maximum absolute atomic E-state index is 4.80. The van der Waals surface area contributed by atoms with Crippen LogP contribution in [0.25, 0.3) is 11.4 Å². The zero-order valence-electron chi connectivity index (χ0n) is 15.3.